The van der Waals surface area contributed by atoms with Crippen LogP contribution < -0.4 is 14.8 Å². The number of aromatic nitrogens is 1. The molecule has 1 aromatic carbocycles. The topological polar surface area (TPSA) is 74.0 Å². The van der Waals surface area contributed by atoms with E-state index in [1.165, 1.54) is 6.07 Å². The minimum atomic E-state index is -0.928. The van der Waals surface area contributed by atoms with Gasteiger partial charge < -0.3 is 9.63 Å². The van der Waals surface area contributed by atoms with E-state index in [4.69, 9.17) is 4.52 Å². The molecule has 0 aliphatic heterocycles. The predicted molar refractivity (Wildman–Crippen MR) is 65.0 cm³/mol. The maximum atomic E-state index is 12.8. The van der Waals surface area contributed by atoms with Crippen LogP contribution in [0, 0.1) is 0 Å². The van der Waals surface area contributed by atoms with Crippen molar-refractivity contribution in [1.82, 2.24) is 5.16 Å². The molecule has 0 atom stereocenters. The summed E-state index contributed by atoms with van der Waals surface area (Å²) in [6.07, 6.45) is 1.78. The van der Waals surface area contributed by atoms with Crippen LogP contribution in [0.3, 0.4) is 0 Å². The number of halogens is 3. The van der Waals surface area contributed by atoms with Gasteiger partial charge in [-0.15, -0.1) is 0 Å². The van der Waals surface area contributed by atoms with Gasteiger partial charge in [-0.05, 0) is 25.0 Å². The Bertz CT molecular complexity index is 687. The Morgan fingerprint density at radius 1 is 1.14 bits per heavy atom. The Balaban J connectivity index is 2.15. The zero-order valence-electron chi connectivity index (χ0n) is 11.0. The number of rotatable bonds is 6. The van der Waals surface area contributed by atoms with Gasteiger partial charge in [-0.1, -0.05) is 5.16 Å². The highest BCUT2D eigenvalue weighted by Crippen LogP contribution is 2.48. The van der Waals surface area contributed by atoms with Gasteiger partial charge in [0, 0.05) is 25.1 Å². The van der Waals surface area contributed by atoms with Crippen LogP contribution in [0.15, 0.2) is 16.7 Å². The molecule has 0 bridgehead atoms. The summed E-state index contributed by atoms with van der Waals surface area (Å²) < 4.78 is 42.8. The van der Waals surface area contributed by atoms with Gasteiger partial charge in [-0.3, -0.25) is 14.8 Å². The zero-order chi connectivity index (χ0) is 15.7. The maximum absolute atomic E-state index is 12.8. The molecule has 6 nitrogen and oxygen atoms in total. The predicted octanol–water partition coefficient (Wildman–Crippen LogP) is 3.50. The van der Waals surface area contributed by atoms with Crippen LogP contribution in [0.2, 0.25) is 0 Å². The van der Waals surface area contributed by atoms with Crippen molar-refractivity contribution in [3.8, 4) is 28.5 Å². The van der Waals surface area contributed by atoms with Gasteiger partial charge in [0.05, 0.1) is 12.2 Å². The average Bonchev–Trinajstić information content (AvgIpc) is 3.32. The minimum absolute atomic E-state index is 0.0563. The van der Waals surface area contributed by atoms with Crippen LogP contribution in [0.5, 0.6) is 17.2 Å². The Morgan fingerprint density at radius 3 is 2.41 bits per heavy atom. The maximum Gasteiger partial charge on any atom is 0.265 e. The molecule has 1 heterocycles. The van der Waals surface area contributed by atoms with Gasteiger partial charge in [0.25, 0.3) is 5.75 Å². The third-order valence-electron chi connectivity index (χ3n) is 3.49. The summed E-state index contributed by atoms with van der Waals surface area (Å²) in [6.45, 7) is -0.413. The smallest absolute Gasteiger partial charge is 0.265 e. The first-order chi connectivity index (χ1) is 10.7. The first-order valence-electron chi connectivity index (χ1n) is 6.37. The molecule has 0 radical (unpaired) electrons. The van der Waals surface area contributed by atoms with E-state index >= 15 is 0 Å². The summed E-state index contributed by atoms with van der Waals surface area (Å²) in [5.41, 5.74) is 0.316. The largest absolute Gasteiger partial charge is 0.391 e. The van der Waals surface area contributed by atoms with Gasteiger partial charge >= 0.3 is 0 Å². The summed E-state index contributed by atoms with van der Waals surface area (Å²) in [5.74, 6) is -1.79. The number of aliphatic hydroxyl groups is 1. The molecule has 1 fully saturated rings. The van der Waals surface area contributed by atoms with Crippen LogP contribution in [0.25, 0.3) is 11.3 Å². The molecule has 1 saturated carbocycles. The van der Waals surface area contributed by atoms with E-state index in [1.807, 2.05) is 0 Å². The van der Waals surface area contributed by atoms with E-state index in [0.717, 1.165) is 18.9 Å². The van der Waals surface area contributed by atoms with Crippen molar-refractivity contribution in [2.45, 2.75) is 25.4 Å². The van der Waals surface area contributed by atoms with E-state index in [1.54, 1.807) is 0 Å². The second-order valence-electron chi connectivity index (χ2n) is 4.81. The number of nitrogens with zero attached hydrogens (tertiary/aromatic N) is 1. The molecule has 0 unspecified atom stereocenters. The Labute approximate surface area is 121 Å². The monoisotopic (exact) mass is 317 g/mol. The van der Waals surface area contributed by atoms with Crippen molar-refractivity contribution in [3.63, 3.8) is 0 Å². The lowest BCUT2D eigenvalue weighted by Gasteiger charge is -2.08. The number of hydrogen-bond donors (Lipinski definition) is 1. The first-order valence-corrected chi connectivity index (χ1v) is 6.37. The third-order valence-corrected chi connectivity index (χ3v) is 3.49. The van der Waals surface area contributed by atoms with Crippen LogP contribution in [-0.4, -0.2) is 10.3 Å². The van der Waals surface area contributed by atoms with Gasteiger partial charge in [0.2, 0.25) is 11.5 Å². The van der Waals surface area contributed by atoms with Crippen molar-refractivity contribution in [2.24, 2.45) is 0 Å². The molecular formula is C13H10F3NO5. The molecule has 22 heavy (non-hydrogen) atoms. The summed E-state index contributed by atoms with van der Waals surface area (Å²) in [5, 5.41) is 13.3. The molecule has 0 saturated heterocycles. The lowest BCUT2D eigenvalue weighted by molar-refractivity contribution is -0.0553. The van der Waals surface area contributed by atoms with Gasteiger partial charge in [0.15, 0.2) is 0 Å². The van der Waals surface area contributed by atoms with Gasteiger partial charge in [-0.25, -0.2) is 0 Å². The summed E-state index contributed by atoms with van der Waals surface area (Å²) >= 11 is 0. The van der Waals surface area contributed by atoms with E-state index in [-0.39, 0.29) is 17.2 Å². The lowest BCUT2D eigenvalue weighted by Crippen LogP contribution is -1.95. The molecule has 1 aliphatic carbocycles. The first kappa shape index (κ1) is 14.5. The van der Waals surface area contributed by atoms with E-state index in [2.05, 4.69) is 20.0 Å². The van der Waals surface area contributed by atoms with Crippen LogP contribution in [-0.2, 0) is 6.61 Å². The molecule has 1 N–H and O–H groups in total. The molecule has 1 aromatic heterocycles. The summed E-state index contributed by atoms with van der Waals surface area (Å²) in [6, 6.07) is 2.18. The van der Waals surface area contributed by atoms with Crippen molar-refractivity contribution in [2.75, 3.05) is 0 Å². The van der Waals surface area contributed by atoms with Gasteiger partial charge in [-0.2, -0.15) is 0 Å². The number of benzene rings is 1. The Hall–Kier alpha value is -2.42. The lowest BCUT2D eigenvalue weighted by atomic mass is 10.0. The quantitative estimate of drug-likeness (QED) is 0.879. The van der Waals surface area contributed by atoms with Crippen molar-refractivity contribution in [3.05, 3.63) is 23.5 Å². The SMILES string of the molecule is OCc1c(-c2ccc(OF)c(OF)c2OF)noc1C1CC1. The van der Waals surface area contributed by atoms with E-state index in [9.17, 15) is 18.7 Å². The zero-order valence-corrected chi connectivity index (χ0v) is 11.0. The fourth-order valence-corrected chi connectivity index (χ4v) is 2.29. The summed E-state index contributed by atoms with van der Waals surface area (Å²) in [7, 11) is 0. The second-order valence-corrected chi connectivity index (χ2v) is 4.81. The third kappa shape index (κ3) is 2.23. The molecule has 0 amide bonds. The summed E-state index contributed by atoms with van der Waals surface area (Å²) in [4.78, 5) is 10.4. The fourth-order valence-electron chi connectivity index (χ4n) is 2.29. The molecule has 9 heteroatoms. The Morgan fingerprint density at radius 2 is 1.86 bits per heavy atom. The Kier molecular flexibility index (Phi) is 3.80. The van der Waals surface area contributed by atoms with Crippen molar-refractivity contribution >= 4 is 0 Å². The fraction of sp³-hybridized carbons (Fsp3) is 0.308. The molecule has 1 aliphatic rings. The number of hydrogen-bond acceptors (Lipinski definition) is 6. The highest BCUT2D eigenvalue weighted by Gasteiger charge is 2.34. The second kappa shape index (κ2) is 5.76. The standard InChI is InChI=1S/C13H10F3NO5/c14-19-9-4-3-7(12(20-15)13(9)21-16)10-8(5-18)11(22-17-10)6-1-2-6/h3-4,6,18H,1-2,5H2. The van der Waals surface area contributed by atoms with E-state index < -0.39 is 23.9 Å². The van der Waals surface area contributed by atoms with E-state index in [0.29, 0.717) is 11.3 Å². The van der Waals surface area contributed by atoms with Crippen LogP contribution in [0.1, 0.15) is 30.1 Å². The average molecular weight is 317 g/mol. The highest BCUT2D eigenvalue weighted by atomic mass is 19.3. The normalized spacial score (nSPS) is 14.0. The van der Waals surface area contributed by atoms with Gasteiger partial charge in [0.1, 0.15) is 11.5 Å². The minimum Gasteiger partial charge on any atom is -0.391 e. The molecular weight excluding hydrogens is 307 g/mol. The molecule has 3 rings (SSSR count). The van der Waals surface area contributed by atoms with Crippen molar-refractivity contribution < 1.29 is 38.0 Å². The molecule has 2 aromatic rings. The van der Waals surface area contributed by atoms with Crippen LogP contribution in [0.4, 0.5) is 13.6 Å². The van der Waals surface area contributed by atoms with Crippen LogP contribution >= 0.6 is 0 Å². The molecule has 118 valence electrons. The van der Waals surface area contributed by atoms with Crippen molar-refractivity contribution in [1.29, 1.82) is 0 Å². The number of aliphatic hydroxyl groups excluding tert-OH is 1. The highest BCUT2D eigenvalue weighted by molar-refractivity contribution is 5.76. The molecule has 0 spiro atoms.